The highest BCUT2D eigenvalue weighted by Gasteiger charge is 2.11. The highest BCUT2D eigenvalue weighted by Crippen LogP contribution is 2.34. The van der Waals surface area contributed by atoms with Crippen molar-refractivity contribution in [3.63, 3.8) is 0 Å². The van der Waals surface area contributed by atoms with E-state index >= 15 is 0 Å². The first-order valence-corrected chi connectivity index (χ1v) is 8.99. The molecule has 0 radical (unpaired) electrons. The molecule has 2 N–H and O–H groups in total. The lowest BCUT2D eigenvalue weighted by molar-refractivity contribution is 1.31. The summed E-state index contributed by atoms with van der Waals surface area (Å²) >= 11 is 1.66. The standard InChI is InChI=1S/C21H20N2S/c1-4-15-7-8-17(12-14(15)2)21-18(6-5-11-23-21)16-9-10-20(24-3)19(22)13-16/h4-13H,1,22H2,2-3H3. The van der Waals surface area contributed by atoms with Crippen LogP contribution in [0.2, 0.25) is 0 Å². The van der Waals surface area contributed by atoms with E-state index in [4.69, 9.17) is 5.73 Å². The molecule has 0 saturated heterocycles. The zero-order valence-corrected chi connectivity index (χ0v) is 14.7. The fourth-order valence-corrected chi connectivity index (χ4v) is 3.32. The molecule has 0 saturated carbocycles. The molecule has 2 nitrogen and oxygen atoms in total. The first-order chi connectivity index (χ1) is 11.6. The maximum absolute atomic E-state index is 6.17. The molecule has 3 rings (SSSR count). The Labute approximate surface area is 147 Å². The summed E-state index contributed by atoms with van der Waals surface area (Å²) in [5, 5.41) is 0. The number of thioether (sulfide) groups is 1. The van der Waals surface area contributed by atoms with E-state index in [0.717, 1.165) is 38.5 Å². The van der Waals surface area contributed by atoms with E-state index in [-0.39, 0.29) is 0 Å². The number of aryl methyl sites for hydroxylation is 1. The van der Waals surface area contributed by atoms with Gasteiger partial charge in [0.25, 0.3) is 0 Å². The lowest BCUT2D eigenvalue weighted by Crippen LogP contribution is -1.93. The quantitative estimate of drug-likeness (QED) is 0.494. The van der Waals surface area contributed by atoms with Gasteiger partial charge in [0.1, 0.15) is 0 Å². The van der Waals surface area contributed by atoms with Gasteiger partial charge >= 0.3 is 0 Å². The van der Waals surface area contributed by atoms with Crippen molar-refractivity contribution in [3.05, 3.63) is 72.4 Å². The third-order valence-electron chi connectivity index (χ3n) is 4.11. The van der Waals surface area contributed by atoms with E-state index in [1.165, 1.54) is 5.56 Å². The van der Waals surface area contributed by atoms with E-state index in [1.54, 1.807) is 11.8 Å². The third kappa shape index (κ3) is 3.08. The highest BCUT2D eigenvalue weighted by molar-refractivity contribution is 7.98. The van der Waals surface area contributed by atoms with Crippen molar-refractivity contribution in [2.75, 3.05) is 12.0 Å². The molecule has 2 aromatic carbocycles. The molecule has 0 unspecified atom stereocenters. The van der Waals surface area contributed by atoms with Crippen LogP contribution >= 0.6 is 11.8 Å². The van der Waals surface area contributed by atoms with Crippen LogP contribution in [0.4, 0.5) is 5.69 Å². The molecule has 120 valence electrons. The summed E-state index contributed by atoms with van der Waals surface area (Å²) in [4.78, 5) is 5.72. The van der Waals surface area contributed by atoms with Crippen LogP contribution in [-0.2, 0) is 0 Å². The molecule has 0 aliphatic carbocycles. The zero-order chi connectivity index (χ0) is 17.1. The summed E-state index contributed by atoms with van der Waals surface area (Å²) in [7, 11) is 0. The van der Waals surface area contributed by atoms with Gasteiger partial charge in [0.15, 0.2) is 0 Å². The van der Waals surface area contributed by atoms with Crippen LogP contribution in [0.3, 0.4) is 0 Å². The average Bonchev–Trinajstić information content (AvgIpc) is 2.61. The number of nitrogens with two attached hydrogens (primary N) is 1. The first-order valence-electron chi connectivity index (χ1n) is 7.76. The van der Waals surface area contributed by atoms with Crippen molar-refractivity contribution >= 4 is 23.5 Å². The zero-order valence-electron chi connectivity index (χ0n) is 13.9. The molecule has 0 bridgehead atoms. The van der Waals surface area contributed by atoms with E-state index in [9.17, 15) is 0 Å². The number of hydrogen-bond donors (Lipinski definition) is 1. The minimum Gasteiger partial charge on any atom is -0.398 e. The molecule has 3 aromatic rings. The van der Waals surface area contributed by atoms with Gasteiger partial charge in [0.05, 0.1) is 5.69 Å². The predicted molar refractivity (Wildman–Crippen MR) is 106 cm³/mol. The first kappa shape index (κ1) is 16.3. The fraction of sp³-hybridized carbons (Fsp3) is 0.0952. The third-order valence-corrected chi connectivity index (χ3v) is 4.92. The number of rotatable bonds is 4. The molecule has 24 heavy (non-hydrogen) atoms. The average molecular weight is 332 g/mol. The molecule has 0 atom stereocenters. The monoisotopic (exact) mass is 332 g/mol. The maximum atomic E-state index is 6.17. The van der Waals surface area contributed by atoms with Gasteiger partial charge in [0, 0.05) is 27.9 Å². The van der Waals surface area contributed by atoms with Gasteiger partial charge in [-0.25, -0.2) is 0 Å². The number of nitrogen functional groups attached to an aromatic ring is 1. The Morgan fingerprint density at radius 3 is 2.54 bits per heavy atom. The lowest BCUT2D eigenvalue weighted by Gasteiger charge is -2.12. The van der Waals surface area contributed by atoms with Gasteiger partial charge in [-0.3, -0.25) is 4.98 Å². The number of aromatic nitrogens is 1. The van der Waals surface area contributed by atoms with E-state index in [1.807, 2.05) is 30.7 Å². The molecular formula is C21H20N2S. The normalized spacial score (nSPS) is 10.6. The maximum Gasteiger partial charge on any atom is 0.0780 e. The number of pyridine rings is 1. The van der Waals surface area contributed by atoms with Gasteiger partial charge in [-0.15, -0.1) is 11.8 Å². The van der Waals surface area contributed by atoms with Crippen molar-refractivity contribution in [2.24, 2.45) is 0 Å². The Morgan fingerprint density at radius 1 is 1.08 bits per heavy atom. The van der Waals surface area contributed by atoms with Crippen molar-refractivity contribution in [3.8, 4) is 22.4 Å². The van der Waals surface area contributed by atoms with E-state index in [2.05, 4.69) is 54.9 Å². The topological polar surface area (TPSA) is 38.9 Å². The van der Waals surface area contributed by atoms with Gasteiger partial charge < -0.3 is 5.73 Å². The second-order valence-corrected chi connectivity index (χ2v) is 6.48. The van der Waals surface area contributed by atoms with Crippen molar-refractivity contribution in [2.45, 2.75) is 11.8 Å². The Kier molecular flexibility index (Phi) is 4.72. The van der Waals surface area contributed by atoms with Gasteiger partial charge in [-0.1, -0.05) is 36.9 Å². The van der Waals surface area contributed by atoms with Crippen LogP contribution in [-0.4, -0.2) is 11.2 Å². The van der Waals surface area contributed by atoms with Crippen LogP contribution in [0.25, 0.3) is 28.5 Å². The highest BCUT2D eigenvalue weighted by atomic mass is 32.2. The summed E-state index contributed by atoms with van der Waals surface area (Å²) in [6.45, 7) is 5.95. The van der Waals surface area contributed by atoms with Crippen molar-refractivity contribution in [1.82, 2.24) is 4.98 Å². The number of nitrogens with zero attached hydrogens (tertiary/aromatic N) is 1. The molecule has 1 heterocycles. The predicted octanol–water partition coefficient (Wildman–Crippen LogP) is 5.67. The number of anilines is 1. The van der Waals surface area contributed by atoms with Gasteiger partial charge in [-0.2, -0.15) is 0 Å². The summed E-state index contributed by atoms with van der Waals surface area (Å²) in [5.41, 5.74) is 13.5. The van der Waals surface area contributed by atoms with Gasteiger partial charge in [-0.05, 0) is 54.1 Å². The molecular weight excluding hydrogens is 312 g/mol. The molecule has 0 amide bonds. The van der Waals surface area contributed by atoms with Crippen LogP contribution in [0.15, 0.2) is 66.2 Å². The Hall–Kier alpha value is -2.52. The van der Waals surface area contributed by atoms with E-state index in [0.29, 0.717) is 0 Å². The number of benzene rings is 2. The lowest BCUT2D eigenvalue weighted by atomic mass is 9.96. The van der Waals surface area contributed by atoms with Crippen LogP contribution in [0.1, 0.15) is 11.1 Å². The summed E-state index contributed by atoms with van der Waals surface area (Å²) in [6, 6.07) is 16.6. The molecule has 0 spiro atoms. The number of hydrogen-bond acceptors (Lipinski definition) is 3. The molecule has 0 aliphatic heterocycles. The fourth-order valence-electron chi connectivity index (χ4n) is 2.82. The minimum atomic E-state index is 0.799. The SMILES string of the molecule is C=Cc1ccc(-c2ncccc2-c2ccc(SC)c(N)c2)cc1C. The largest absolute Gasteiger partial charge is 0.398 e. The van der Waals surface area contributed by atoms with Crippen LogP contribution in [0, 0.1) is 6.92 Å². The summed E-state index contributed by atoms with van der Waals surface area (Å²) in [5.74, 6) is 0. The smallest absolute Gasteiger partial charge is 0.0780 e. The molecule has 1 aromatic heterocycles. The Bertz CT molecular complexity index is 900. The van der Waals surface area contributed by atoms with Crippen LogP contribution in [0.5, 0.6) is 0 Å². The second kappa shape index (κ2) is 6.93. The molecule has 0 aliphatic rings. The van der Waals surface area contributed by atoms with Gasteiger partial charge in [0.2, 0.25) is 0 Å². The van der Waals surface area contributed by atoms with E-state index < -0.39 is 0 Å². The minimum absolute atomic E-state index is 0.799. The Balaban J connectivity index is 2.13. The van der Waals surface area contributed by atoms with Crippen LogP contribution < -0.4 is 5.73 Å². The Morgan fingerprint density at radius 2 is 1.88 bits per heavy atom. The molecule has 3 heteroatoms. The summed E-state index contributed by atoms with van der Waals surface area (Å²) < 4.78 is 0. The second-order valence-electron chi connectivity index (χ2n) is 5.63. The van der Waals surface area contributed by atoms with Crippen molar-refractivity contribution < 1.29 is 0 Å². The summed E-state index contributed by atoms with van der Waals surface area (Å²) in [6.07, 6.45) is 5.74. The van der Waals surface area contributed by atoms with Crippen molar-refractivity contribution in [1.29, 1.82) is 0 Å². The molecule has 0 fully saturated rings.